The standard InChI is InChI=1S/C14H26N2O3S/c1-4-6-8-16(9-7-5-2)20(17,18)14-10-13(11-15)19-12(14)3/h10H,4-9,11,15H2,1-3H3. The van der Waals surface area contributed by atoms with E-state index in [1.165, 1.54) is 0 Å². The number of hydrogen-bond acceptors (Lipinski definition) is 4. The predicted octanol–water partition coefficient (Wildman–Crippen LogP) is 2.64. The molecule has 0 spiro atoms. The third-order valence-corrected chi connectivity index (χ3v) is 5.27. The van der Waals surface area contributed by atoms with E-state index < -0.39 is 10.0 Å². The van der Waals surface area contributed by atoms with Gasteiger partial charge in [0.25, 0.3) is 0 Å². The van der Waals surface area contributed by atoms with Crippen LogP contribution in [-0.4, -0.2) is 25.8 Å². The van der Waals surface area contributed by atoms with Gasteiger partial charge in [-0.3, -0.25) is 0 Å². The number of sulfonamides is 1. The monoisotopic (exact) mass is 302 g/mol. The molecule has 0 radical (unpaired) electrons. The molecule has 2 N–H and O–H groups in total. The SMILES string of the molecule is CCCCN(CCCC)S(=O)(=O)c1cc(CN)oc1C. The van der Waals surface area contributed by atoms with Gasteiger partial charge in [-0.2, -0.15) is 4.31 Å². The van der Waals surface area contributed by atoms with E-state index in [4.69, 9.17) is 10.2 Å². The third kappa shape index (κ3) is 4.07. The summed E-state index contributed by atoms with van der Waals surface area (Å²) in [7, 11) is -3.48. The summed E-state index contributed by atoms with van der Waals surface area (Å²) in [4.78, 5) is 0.255. The molecule has 0 unspecified atom stereocenters. The van der Waals surface area contributed by atoms with Crippen LogP contribution in [0.1, 0.15) is 51.1 Å². The van der Waals surface area contributed by atoms with Crippen molar-refractivity contribution in [3.05, 3.63) is 17.6 Å². The first kappa shape index (κ1) is 17.2. The molecule has 116 valence electrons. The molecule has 0 aromatic carbocycles. The second kappa shape index (κ2) is 7.81. The fourth-order valence-corrected chi connectivity index (χ4v) is 3.74. The average molecular weight is 302 g/mol. The van der Waals surface area contributed by atoms with Gasteiger partial charge in [-0.05, 0) is 19.8 Å². The summed E-state index contributed by atoms with van der Waals surface area (Å²) < 4.78 is 32.4. The first-order valence-corrected chi connectivity index (χ1v) is 8.70. The molecule has 0 saturated heterocycles. The van der Waals surface area contributed by atoms with Gasteiger partial charge in [-0.25, -0.2) is 8.42 Å². The summed E-state index contributed by atoms with van der Waals surface area (Å²) in [6, 6.07) is 1.55. The van der Waals surface area contributed by atoms with Gasteiger partial charge in [0.1, 0.15) is 16.4 Å². The van der Waals surface area contributed by atoms with Crippen molar-refractivity contribution in [3.63, 3.8) is 0 Å². The van der Waals surface area contributed by atoms with Crippen LogP contribution in [0.5, 0.6) is 0 Å². The number of unbranched alkanes of at least 4 members (excludes halogenated alkanes) is 2. The molecule has 1 heterocycles. The lowest BCUT2D eigenvalue weighted by Gasteiger charge is -2.21. The first-order chi connectivity index (χ1) is 9.47. The van der Waals surface area contributed by atoms with Crippen molar-refractivity contribution in [1.82, 2.24) is 4.31 Å². The third-order valence-electron chi connectivity index (χ3n) is 3.26. The van der Waals surface area contributed by atoms with Crippen LogP contribution >= 0.6 is 0 Å². The molecule has 0 saturated carbocycles. The zero-order chi connectivity index (χ0) is 15.2. The molecule has 0 aliphatic rings. The Kier molecular flexibility index (Phi) is 6.71. The molecular weight excluding hydrogens is 276 g/mol. The molecule has 5 nitrogen and oxygen atoms in total. The highest BCUT2D eigenvalue weighted by Crippen LogP contribution is 2.24. The smallest absolute Gasteiger partial charge is 0.246 e. The normalized spacial score (nSPS) is 12.2. The van der Waals surface area contributed by atoms with Crippen molar-refractivity contribution < 1.29 is 12.8 Å². The van der Waals surface area contributed by atoms with Gasteiger partial charge in [0, 0.05) is 19.2 Å². The van der Waals surface area contributed by atoms with Crippen molar-refractivity contribution in [2.45, 2.75) is 57.9 Å². The highest BCUT2D eigenvalue weighted by Gasteiger charge is 2.27. The molecule has 0 aliphatic heterocycles. The molecule has 0 fully saturated rings. The molecule has 1 rings (SSSR count). The summed E-state index contributed by atoms with van der Waals surface area (Å²) in [6.07, 6.45) is 3.67. The van der Waals surface area contributed by atoms with Gasteiger partial charge in [0.2, 0.25) is 10.0 Å². The number of rotatable bonds is 9. The number of hydrogen-bond donors (Lipinski definition) is 1. The van der Waals surface area contributed by atoms with E-state index in [2.05, 4.69) is 13.8 Å². The maximum absolute atomic E-state index is 12.7. The number of nitrogens with two attached hydrogens (primary N) is 1. The van der Waals surface area contributed by atoms with Gasteiger partial charge in [0.05, 0.1) is 6.54 Å². The lowest BCUT2D eigenvalue weighted by atomic mass is 10.3. The van der Waals surface area contributed by atoms with Crippen molar-refractivity contribution in [2.24, 2.45) is 5.73 Å². The van der Waals surface area contributed by atoms with Crippen LogP contribution in [0, 0.1) is 6.92 Å². The van der Waals surface area contributed by atoms with Crippen molar-refractivity contribution >= 4 is 10.0 Å². The van der Waals surface area contributed by atoms with E-state index in [0.717, 1.165) is 25.7 Å². The molecule has 1 aromatic rings. The number of nitrogens with zero attached hydrogens (tertiary/aromatic N) is 1. The lowest BCUT2D eigenvalue weighted by molar-refractivity contribution is 0.393. The van der Waals surface area contributed by atoms with Crippen LogP contribution in [0.25, 0.3) is 0 Å². The van der Waals surface area contributed by atoms with Gasteiger partial charge in [-0.15, -0.1) is 0 Å². The van der Waals surface area contributed by atoms with E-state index in [9.17, 15) is 8.42 Å². The molecule has 0 bridgehead atoms. The Morgan fingerprint density at radius 3 is 2.15 bits per heavy atom. The van der Waals surface area contributed by atoms with E-state index >= 15 is 0 Å². The zero-order valence-electron chi connectivity index (χ0n) is 12.7. The number of aryl methyl sites for hydroxylation is 1. The minimum Gasteiger partial charge on any atom is -0.464 e. The van der Waals surface area contributed by atoms with Crippen molar-refractivity contribution in [2.75, 3.05) is 13.1 Å². The Labute approximate surface area is 122 Å². The zero-order valence-corrected chi connectivity index (χ0v) is 13.5. The molecule has 6 heteroatoms. The topological polar surface area (TPSA) is 76.5 Å². The molecule has 20 heavy (non-hydrogen) atoms. The van der Waals surface area contributed by atoms with E-state index in [-0.39, 0.29) is 11.4 Å². The van der Waals surface area contributed by atoms with Crippen molar-refractivity contribution in [1.29, 1.82) is 0 Å². The minimum absolute atomic E-state index is 0.209. The molecule has 0 amide bonds. The van der Waals surface area contributed by atoms with Gasteiger partial charge < -0.3 is 10.2 Å². The van der Waals surface area contributed by atoms with Crippen LogP contribution in [0.15, 0.2) is 15.4 Å². The predicted molar refractivity (Wildman–Crippen MR) is 79.9 cm³/mol. The number of furan rings is 1. The average Bonchev–Trinajstić information content (AvgIpc) is 2.80. The Bertz CT molecular complexity index is 500. The molecular formula is C14H26N2O3S. The fourth-order valence-electron chi connectivity index (χ4n) is 2.04. The van der Waals surface area contributed by atoms with Gasteiger partial charge >= 0.3 is 0 Å². The summed E-state index contributed by atoms with van der Waals surface area (Å²) in [5.41, 5.74) is 5.51. The Hall–Kier alpha value is -0.850. The van der Waals surface area contributed by atoms with Crippen LogP contribution < -0.4 is 5.73 Å². The first-order valence-electron chi connectivity index (χ1n) is 7.26. The van der Waals surface area contributed by atoms with E-state index in [1.54, 1.807) is 17.3 Å². The van der Waals surface area contributed by atoms with Crippen LogP contribution in [0.4, 0.5) is 0 Å². The van der Waals surface area contributed by atoms with Crippen molar-refractivity contribution in [3.8, 4) is 0 Å². The van der Waals surface area contributed by atoms with Crippen LogP contribution in [0.2, 0.25) is 0 Å². The van der Waals surface area contributed by atoms with E-state index in [0.29, 0.717) is 24.6 Å². The Morgan fingerprint density at radius 1 is 1.20 bits per heavy atom. The summed E-state index contributed by atoms with van der Waals surface area (Å²) >= 11 is 0. The highest BCUT2D eigenvalue weighted by molar-refractivity contribution is 7.89. The Balaban J connectivity index is 3.03. The van der Waals surface area contributed by atoms with Crippen LogP contribution in [0.3, 0.4) is 0 Å². The maximum Gasteiger partial charge on any atom is 0.246 e. The fraction of sp³-hybridized carbons (Fsp3) is 0.714. The van der Waals surface area contributed by atoms with Gasteiger partial charge in [0.15, 0.2) is 0 Å². The van der Waals surface area contributed by atoms with E-state index in [1.807, 2.05) is 0 Å². The molecule has 0 atom stereocenters. The summed E-state index contributed by atoms with van der Waals surface area (Å²) in [5.74, 6) is 0.926. The second-order valence-corrected chi connectivity index (χ2v) is 6.85. The Morgan fingerprint density at radius 2 is 1.75 bits per heavy atom. The maximum atomic E-state index is 12.7. The highest BCUT2D eigenvalue weighted by atomic mass is 32.2. The largest absolute Gasteiger partial charge is 0.464 e. The summed E-state index contributed by atoms with van der Waals surface area (Å²) in [5, 5.41) is 0. The summed E-state index contributed by atoms with van der Waals surface area (Å²) in [6.45, 7) is 7.10. The second-order valence-electron chi connectivity index (χ2n) is 4.95. The van der Waals surface area contributed by atoms with Crippen LogP contribution in [-0.2, 0) is 16.6 Å². The lowest BCUT2D eigenvalue weighted by Crippen LogP contribution is -2.33. The molecule has 0 aliphatic carbocycles. The van der Waals surface area contributed by atoms with Gasteiger partial charge in [-0.1, -0.05) is 26.7 Å². The molecule has 1 aromatic heterocycles. The minimum atomic E-state index is -3.48. The quantitative estimate of drug-likeness (QED) is 0.760.